The maximum absolute atomic E-state index is 12.4. The lowest BCUT2D eigenvalue weighted by atomic mass is 9.88. The second-order valence-corrected chi connectivity index (χ2v) is 5.38. The van der Waals surface area contributed by atoms with Crippen LogP contribution in [0.1, 0.15) is 15.9 Å². The molecule has 4 rings (SSSR count). The van der Waals surface area contributed by atoms with E-state index < -0.39 is 0 Å². The highest BCUT2D eigenvalue weighted by Crippen LogP contribution is 2.35. The number of ether oxygens (including phenoxy) is 1. The first-order valence-corrected chi connectivity index (χ1v) is 7.20. The van der Waals surface area contributed by atoms with E-state index in [4.69, 9.17) is 4.74 Å². The molecule has 0 saturated carbocycles. The summed E-state index contributed by atoms with van der Waals surface area (Å²) in [6.45, 7) is 0. The number of methoxy groups -OCH3 is 1. The lowest BCUT2D eigenvalue weighted by Crippen LogP contribution is -2.10. The molecule has 0 unspecified atom stereocenters. The molecule has 0 N–H and O–H groups in total. The fraction of sp³-hybridized carbons (Fsp3) is 0.0500. The fourth-order valence-electron chi connectivity index (χ4n) is 3.05. The van der Waals surface area contributed by atoms with Crippen molar-refractivity contribution in [2.24, 2.45) is 0 Å². The van der Waals surface area contributed by atoms with Gasteiger partial charge in [0.15, 0.2) is 5.76 Å². The van der Waals surface area contributed by atoms with Crippen LogP contribution in [0.3, 0.4) is 0 Å². The summed E-state index contributed by atoms with van der Waals surface area (Å²) in [5, 5.41) is 2.08. The first-order chi connectivity index (χ1) is 10.8. The lowest BCUT2D eigenvalue weighted by Gasteiger charge is -2.17. The van der Waals surface area contributed by atoms with Crippen LogP contribution in [-0.2, 0) is 4.74 Å². The van der Waals surface area contributed by atoms with Gasteiger partial charge in [0, 0.05) is 10.9 Å². The zero-order valence-electron chi connectivity index (χ0n) is 12.2. The average molecular weight is 286 g/mol. The van der Waals surface area contributed by atoms with Crippen molar-refractivity contribution in [1.29, 1.82) is 0 Å². The molecule has 0 bridgehead atoms. The third-order valence-corrected chi connectivity index (χ3v) is 4.09. The zero-order chi connectivity index (χ0) is 15.1. The molecule has 0 saturated heterocycles. The van der Waals surface area contributed by atoms with Gasteiger partial charge in [0.05, 0.1) is 7.11 Å². The quantitative estimate of drug-likeness (QED) is 0.683. The van der Waals surface area contributed by atoms with Crippen molar-refractivity contribution in [3.8, 4) is 11.1 Å². The summed E-state index contributed by atoms with van der Waals surface area (Å²) in [6.07, 6.45) is 1.84. The summed E-state index contributed by atoms with van der Waals surface area (Å²) in [6, 6.07) is 20.3. The Morgan fingerprint density at radius 2 is 1.68 bits per heavy atom. The molecule has 3 aromatic carbocycles. The van der Waals surface area contributed by atoms with Gasteiger partial charge in [-0.25, -0.2) is 0 Å². The largest absolute Gasteiger partial charge is 0.493 e. The number of hydrogen-bond donors (Lipinski definition) is 0. The predicted octanol–water partition coefficient (Wildman–Crippen LogP) is 4.69. The van der Waals surface area contributed by atoms with Crippen LogP contribution in [0, 0.1) is 0 Å². The number of allylic oxidation sites excluding steroid dienone is 1. The highest BCUT2D eigenvalue weighted by atomic mass is 16.5. The van der Waals surface area contributed by atoms with Gasteiger partial charge < -0.3 is 4.74 Å². The third kappa shape index (κ3) is 1.85. The van der Waals surface area contributed by atoms with E-state index in [0.29, 0.717) is 11.3 Å². The van der Waals surface area contributed by atoms with E-state index >= 15 is 0 Å². The summed E-state index contributed by atoms with van der Waals surface area (Å²) >= 11 is 0. The first kappa shape index (κ1) is 12.8. The van der Waals surface area contributed by atoms with Gasteiger partial charge in [-0.1, -0.05) is 48.5 Å². The van der Waals surface area contributed by atoms with E-state index in [-0.39, 0.29) is 5.78 Å². The third-order valence-electron chi connectivity index (χ3n) is 4.09. The molecule has 106 valence electrons. The molecule has 0 fully saturated rings. The average Bonchev–Trinajstić information content (AvgIpc) is 2.58. The molecule has 0 spiro atoms. The normalized spacial score (nSPS) is 13.1. The molecule has 0 aromatic heterocycles. The van der Waals surface area contributed by atoms with Crippen molar-refractivity contribution in [3.05, 3.63) is 77.5 Å². The Hall–Kier alpha value is -2.87. The molecule has 1 aliphatic carbocycles. The fourth-order valence-corrected chi connectivity index (χ4v) is 3.05. The van der Waals surface area contributed by atoms with Crippen LogP contribution in [0.4, 0.5) is 0 Å². The van der Waals surface area contributed by atoms with Crippen LogP contribution >= 0.6 is 0 Å². The Kier molecular flexibility index (Phi) is 2.83. The van der Waals surface area contributed by atoms with Crippen LogP contribution < -0.4 is 0 Å². The van der Waals surface area contributed by atoms with Crippen molar-refractivity contribution >= 4 is 22.6 Å². The van der Waals surface area contributed by atoms with E-state index in [1.807, 2.05) is 42.5 Å². The van der Waals surface area contributed by atoms with Crippen molar-refractivity contribution < 1.29 is 9.53 Å². The number of ketones is 1. The van der Waals surface area contributed by atoms with Gasteiger partial charge in [0.25, 0.3) is 0 Å². The Balaban J connectivity index is 2.04. The first-order valence-electron chi connectivity index (χ1n) is 7.20. The minimum Gasteiger partial charge on any atom is -0.493 e. The van der Waals surface area contributed by atoms with E-state index in [9.17, 15) is 4.79 Å². The summed E-state index contributed by atoms with van der Waals surface area (Å²) in [5.74, 6) is 0.346. The van der Waals surface area contributed by atoms with Crippen LogP contribution in [-0.4, -0.2) is 12.9 Å². The van der Waals surface area contributed by atoms with Gasteiger partial charge in [0.2, 0.25) is 5.78 Å². The van der Waals surface area contributed by atoms with Gasteiger partial charge in [-0.15, -0.1) is 0 Å². The SMILES string of the molecule is COC1=Cc2cc(-c3ccccc3)cc3cccc(c23)C1=O. The van der Waals surface area contributed by atoms with Crippen LogP contribution in [0.25, 0.3) is 28.0 Å². The number of carbonyl (C=O) groups is 1. The lowest BCUT2D eigenvalue weighted by molar-refractivity contribution is 0.0957. The van der Waals surface area contributed by atoms with Crippen LogP contribution in [0.15, 0.2) is 66.4 Å². The van der Waals surface area contributed by atoms with Crippen molar-refractivity contribution in [1.82, 2.24) is 0 Å². The molecule has 0 heterocycles. The molecule has 2 nitrogen and oxygen atoms in total. The van der Waals surface area contributed by atoms with E-state index in [0.717, 1.165) is 27.5 Å². The second kappa shape index (κ2) is 4.85. The van der Waals surface area contributed by atoms with E-state index in [1.165, 1.54) is 7.11 Å². The van der Waals surface area contributed by atoms with Gasteiger partial charge >= 0.3 is 0 Å². The number of Topliss-reactive ketones (excluding diaryl/α,β-unsaturated/α-hetero) is 1. The van der Waals surface area contributed by atoms with Crippen molar-refractivity contribution in [2.75, 3.05) is 7.11 Å². The summed E-state index contributed by atoms with van der Waals surface area (Å²) in [7, 11) is 1.54. The number of rotatable bonds is 2. The van der Waals surface area contributed by atoms with Crippen LogP contribution in [0.5, 0.6) is 0 Å². The summed E-state index contributed by atoms with van der Waals surface area (Å²) < 4.78 is 5.25. The molecule has 2 heteroatoms. The van der Waals surface area contributed by atoms with Gasteiger partial charge in [-0.3, -0.25) is 4.79 Å². The molecule has 1 aliphatic rings. The number of carbonyl (C=O) groups excluding carboxylic acids is 1. The molecular formula is C20H14O2. The smallest absolute Gasteiger partial charge is 0.228 e. The molecule has 3 aromatic rings. The highest BCUT2D eigenvalue weighted by Gasteiger charge is 2.22. The highest BCUT2D eigenvalue weighted by molar-refractivity contribution is 6.22. The van der Waals surface area contributed by atoms with Crippen molar-refractivity contribution in [2.45, 2.75) is 0 Å². The zero-order valence-corrected chi connectivity index (χ0v) is 12.2. The molecular weight excluding hydrogens is 272 g/mol. The van der Waals surface area contributed by atoms with Gasteiger partial charge in [0.1, 0.15) is 0 Å². The molecule has 0 aliphatic heterocycles. The predicted molar refractivity (Wildman–Crippen MR) is 88.7 cm³/mol. The molecule has 0 amide bonds. The Labute approximate surface area is 128 Å². The summed E-state index contributed by atoms with van der Waals surface area (Å²) in [5.41, 5.74) is 4.05. The Morgan fingerprint density at radius 3 is 2.45 bits per heavy atom. The molecule has 0 radical (unpaired) electrons. The Bertz CT molecular complexity index is 921. The van der Waals surface area contributed by atoms with Gasteiger partial charge in [-0.05, 0) is 40.3 Å². The molecule has 22 heavy (non-hydrogen) atoms. The van der Waals surface area contributed by atoms with E-state index in [1.54, 1.807) is 0 Å². The summed E-state index contributed by atoms with van der Waals surface area (Å²) in [4.78, 5) is 12.4. The topological polar surface area (TPSA) is 26.3 Å². The minimum atomic E-state index is -0.0481. The monoisotopic (exact) mass is 286 g/mol. The number of hydrogen-bond acceptors (Lipinski definition) is 2. The molecule has 0 atom stereocenters. The van der Waals surface area contributed by atoms with Crippen LogP contribution in [0.2, 0.25) is 0 Å². The van der Waals surface area contributed by atoms with E-state index in [2.05, 4.69) is 24.3 Å². The standard InChI is InChI=1S/C20H14O2/c1-22-18-12-16-11-15(13-6-3-2-4-7-13)10-14-8-5-9-17(19(14)16)20(18)21/h2-12H,1H3. The number of benzene rings is 3. The maximum atomic E-state index is 12.4. The maximum Gasteiger partial charge on any atom is 0.228 e. The van der Waals surface area contributed by atoms with Gasteiger partial charge in [-0.2, -0.15) is 0 Å². The Morgan fingerprint density at radius 1 is 0.864 bits per heavy atom. The minimum absolute atomic E-state index is 0.0481. The van der Waals surface area contributed by atoms with Crippen molar-refractivity contribution in [3.63, 3.8) is 0 Å². The second-order valence-electron chi connectivity index (χ2n) is 5.38.